The molecule has 0 radical (unpaired) electrons. The van der Waals surface area contributed by atoms with Crippen LogP contribution in [0.5, 0.6) is 0 Å². The van der Waals surface area contributed by atoms with E-state index in [0.29, 0.717) is 19.6 Å². The Morgan fingerprint density at radius 1 is 0.841 bits per heavy atom. The van der Waals surface area contributed by atoms with E-state index in [1.54, 1.807) is 12.3 Å². The van der Waals surface area contributed by atoms with Crippen molar-refractivity contribution < 1.29 is 33.3 Å². The van der Waals surface area contributed by atoms with Crippen molar-refractivity contribution in [1.29, 1.82) is 0 Å². The van der Waals surface area contributed by atoms with Crippen LogP contribution in [0, 0.1) is 0 Å². The van der Waals surface area contributed by atoms with Gasteiger partial charge in [0.25, 0.3) is 0 Å². The number of rotatable bonds is 25. The van der Waals surface area contributed by atoms with Crippen LogP contribution in [0.25, 0.3) is 0 Å². The first-order chi connectivity index (χ1) is 21.3. The minimum atomic E-state index is -0.804. The van der Waals surface area contributed by atoms with Crippen LogP contribution in [-0.4, -0.2) is 61.3 Å². The molecule has 0 aromatic carbocycles. The van der Waals surface area contributed by atoms with E-state index in [9.17, 15) is 9.59 Å². The van der Waals surface area contributed by atoms with Gasteiger partial charge >= 0.3 is 0 Å². The lowest BCUT2D eigenvalue weighted by molar-refractivity contribution is -0.368. The number of fused-ring (bicyclic) bond motifs is 1. The minimum absolute atomic E-state index is 0.0363. The SMILES string of the molecule is C/C=C/OC1OC2COC(C)(C)OC2C(OCCCCCCCCCC)C1NC(=O)CC(=O)CCCCCCCCCCC. The Morgan fingerprint density at radius 3 is 2.00 bits per heavy atom. The highest BCUT2D eigenvalue weighted by molar-refractivity contribution is 5.98. The highest BCUT2D eigenvalue weighted by Gasteiger charge is 2.53. The summed E-state index contributed by atoms with van der Waals surface area (Å²) in [7, 11) is 0. The van der Waals surface area contributed by atoms with Crippen LogP contribution in [0.3, 0.4) is 0 Å². The first-order valence-electron chi connectivity index (χ1n) is 18.0. The molecule has 0 aromatic rings. The highest BCUT2D eigenvalue weighted by Crippen LogP contribution is 2.34. The van der Waals surface area contributed by atoms with Crippen molar-refractivity contribution in [2.45, 2.75) is 193 Å². The summed E-state index contributed by atoms with van der Waals surface area (Å²) in [5.41, 5.74) is 0. The fourth-order valence-corrected chi connectivity index (χ4v) is 6.04. The molecule has 0 saturated carbocycles. The van der Waals surface area contributed by atoms with E-state index in [1.165, 1.54) is 77.0 Å². The smallest absolute Gasteiger partial charge is 0.227 e. The number of Topliss-reactive ketones (excluding diaryl/α,β-unsaturated/α-hetero) is 1. The van der Waals surface area contributed by atoms with E-state index in [-0.39, 0.29) is 18.1 Å². The zero-order chi connectivity index (χ0) is 32.0. The van der Waals surface area contributed by atoms with E-state index in [1.807, 2.05) is 20.8 Å². The van der Waals surface area contributed by atoms with E-state index in [0.717, 1.165) is 32.1 Å². The number of carbonyl (C=O) groups is 2. The molecule has 1 amide bonds. The fraction of sp³-hybridized carbons (Fsp3) is 0.889. The molecule has 256 valence electrons. The van der Waals surface area contributed by atoms with Gasteiger partial charge in [0.15, 0.2) is 5.79 Å². The minimum Gasteiger partial charge on any atom is -0.471 e. The number of hydrogen-bond acceptors (Lipinski definition) is 7. The van der Waals surface area contributed by atoms with Gasteiger partial charge in [-0.25, -0.2) is 0 Å². The number of allylic oxidation sites excluding steroid dienone is 1. The lowest BCUT2D eigenvalue weighted by Crippen LogP contribution is -2.69. The van der Waals surface area contributed by atoms with Gasteiger partial charge in [-0.15, -0.1) is 0 Å². The predicted octanol–water partition coefficient (Wildman–Crippen LogP) is 8.30. The third-order valence-electron chi connectivity index (χ3n) is 8.56. The number of ketones is 1. The lowest BCUT2D eigenvalue weighted by Gasteiger charge is -2.50. The number of unbranched alkanes of at least 4 members (excludes halogenated alkanes) is 15. The number of ether oxygens (including phenoxy) is 5. The normalized spacial score (nSPS) is 24.7. The van der Waals surface area contributed by atoms with E-state index >= 15 is 0 Å². The molecule has 2 rings (SSSR count). The van der Waals surface area contributed by atoms with Gasteiger partial charge in [-0.3, -0.25) is 9.59 Å². The van der Waals surface area contributed by atoms with Gasteiger partial charge in [0.2, 0.25) is 12.2 Å². The van der Waals surface area contributed by atoms with Crippen molar-refractivity contribution in [2.75, 3.05) is 13.2 Å². The second kappa shape index (κ2) is 22.9. The molecule has 44 heavy (non-hydrogen) atoms. The zero-order valence-electron chi connectivity index (χ0n) is 28.7. The molecular weight excluding hydrogens is 558 g/mol. The second-order valence-electron chi connectivity index (χ2n) is 13.1. The number of nitrogens with one attached hydrogen (secondary N) is 1. The number of amides is 1. The van der Waals surface area contributed by atoms with Crippen molar-refractivity contribution >= 4 is 11.7 Å². The first kappa shape index (κ1) is 38.7. The Hall–Kier alpha value is -1.48. The lowest BCUT2D eigenvalue weighted by atomic mass is 9.94. The van der Waals surface area contributed by atoms with Crippen molar-refractivity contribution in [1.82, 2.24) is 5.32 Å². The zero-order valence-corrected chi connectivity index (χ0v) is 28.7. The van der Waals surface area contributed by atoms with E-state index in [4.69, 9.17) is 23.7 Å². The summed E-state index contributed by atoms with van der Waals surface area (Å²) in [6, 6.07) is -0.636. The third-order valence-corrected chi connectivity index (χ3v) is 8.56. The van der Waals surface area contributed by atoms with Crippen molar-refractivity contribution in [2.24, 2.45) is 0 Å². The van der Waals surface area contributed by atoms with E-state index < -0.39 is 36.4 Å². The van der Waals surface area contributed by atoms with E-state index in [2.05, 4.69) is 19.2 Å². The molecule has 2 aliphatic heterocycles. The van der Waals surface area contributed by atoms with Crippen LogP contribution in [0.1, 0.15) is 157 Å². The molecule has 8 heteroatoms. The molecule has 1 N–H and O–H groups in total. The van der Waals surface area contributed by atoms with Gasteiger partial charge in [0.1, 0.15) is 30.1 Å². The molecule has 5 atom stereocenters. The average molecular weight is 624 g/mol. The molecule has 2 aliphatic rings. The molecule has 2 heterocycles. The number of carbonyl (C=O) groups excluding carboxylic acids is 2. The molecule has 0 spiro atoms. The van der Waals surface area contributed by atoms with Gasteiger partial charge in [0.05, 0.1) is 19.3 Å². The topological polar surface area (TPSA) is 92.3 Å². The first-order valence-corrected chi connectivity index (χ1v) is 18.0. The van der Waals surface area contributed by atoms with Crippen LogP contribution < -0.4 is 5.32 Å². The summed E-state index contributed by atoms with van der Waals surface area (Å²) in [6.07, 6.45) is 21.8. The van der Waals surface area contributed by atoms with Crippen LogP contribution >= 0.6 is 0 Å². The van der Waals surface area contributed by atoms with Crippen LogP contribution in [0.2, 0.25) is 0 Å². The third kappa shape index (κ3) is 15.7. The summed E-state index contributed by atoms with van der Waals surface area (Å²) in [4.78, 5) is 25.9. The van der Waals surface area contributed by atoms with Gasteiger partial charge in [0, 0.05) is 13.0 Å². The summed E-state index contributed by atoms with van der Waals surface area (Å²) in [5, 5.41) is 3.05. The molecule has 8 nitrogen and oxygen atoms in total. The summed E-state index contributed by atoms with van der Waals surface area (Å²) in [6.45, 7) is 11.0. The quantitative estimate of drug-likeness (QED) is 0.0621. The Bertz CT molecular complexity index is 801. The molecule has 2 saturated heterocycles. The Balaban J connectivity index is 1.92. The molecule has 5 unspecified atom stereocenters. The van der Waals surface area contributed by atoms with Crippen molar-refractivity contribution in [3.05, 3.63) is 12.3 Å². The molecule has 0 aliphatic carbocycles. The van der Waals surface area contributed by atoms with Gasteiger partial charge in [-0.05, 0) is 33.6 Å². The standard InChI is InChI=1S/C36H65NO7/c1-6-9-11-13-15-17-18-20-22-24-29(38)27-31(39)37-32-34(40-26-23-21-19-16-14-12-10-7-2)33-30(28-42-36(4,5)44-33)43-35(32)41-25-8-3/h8,25,30,32-35H,6-7,9-24,26-28H2,1-5H3,(H,37,39)/b25-8+. The van der Waals surface area contributed by atoms with Gasteiger partial charge < -0.3 is 29.0 Å². The molecule has 0 bridgehead atoms. The highest BCUT2D eigenvalue weighted by atomic mass is 16.8. The molecule has 2 fully saturated rings. The monoisotopic (exact) mass is 623 g/mol. The Kier molecular flexibility index (Phi) is 20.2. The maximum absolute atomic E-state index is 13.2. The summed E-state index contributed by atoms with van der Waals surface area (Å²) >= 11 is 0. The molecule has 0 aromatic heterocycles. The van der Waals surface area contributed by atoms with Crippen molar-refractivity contribution in [3.8, 4) is 0 Å². The Morgan fingerprint density at radius 2 is 1.41 bits per heavy atom. The maximum Gasteiger partial charge on any atom is 0.227 e. The largest absolute Gasteiger partial charge is 0.471 e. The van der Waals surface area contributed by atoms with Gasteiger partial charge in [-0.1, -0.05) is 116 Å². The number of hydrogen-bond donors (Lipinski definition) is 1. The predicted molar refractivity (Wildman–Crippen MR) is 175 cm³/mol. The summed E-state index contributed by atoms with van der Waals surface area (Å²) in [5.74, 6) is -1.17. The van der Waals surface area contributed by atoms with Crippen molar-refractivity contribution in [3.63, 3.8) is 0 Å². The second-order valence-corrected chi connectivity index (χ2v) is 13.1. The maximum atomic E-state index is 13.2. The fourth-order valence-electron chi connectivity index (χ4n) is 6.04. The summed E-state index contributed by atoms with van der Waals surface area (Å²) < 4.78 is 30.9. The van der Waals surface area contributed by atoms with Crippen LogP contribution in [0.15, 0.2) is 12.3 Å². The molecular formula is C36H65NO7. The van der Waals surface area contributed by atoms with Crippen LogP contribution in [0.4, 0.5) is 0 Å². The average Bonchev–Trinajstić information content (AvgIpc) is 2.99. The Labute approximate surface area is 268 Å². The van der Waals surface area contributed by atoms with Crippen LogP contribution in [-0.2, 0) is 33.3 Å². The van der Waals surface area contributed by atoms with Gasteiger partial charge in [-0.2, -0.15) is 0 Å².